The number of rotatable bonds is 3. The van der Waals surface area contributed by atoms with E-state index in [-0.39, 0.29) is 17.9 Å². The number of likely N-dealkylation sites (tertiary alicyclic amines) is 1. The molecule has 1 fully saturated rings. The van der Waals surface area contributed by atoms with Crippen molar-refractivity contribution in [3.63, 3.8) is 0 Å². The summed E-state index contributed by atoms with van der Waals surface area (Å²) in [5.74, 6) is 0.995. The molecule has 0 unspecified atom stereocenters. The molecular weight excluding hydrogens is 436 g/mol. The Kier molecular flexibility index (Phi) is 5.21. The molecule has 0 bridgehead atoms. The number of aromatic nitrogens is 1. The number of carbonyl (C=O) groups is 1. The van der Waals surface area contributed by atoms with Crippen molar-refractivity contribution in [2.75, 3.05) is 13.1 Å². The quantitative estimate of drug-likeness (QED) is 0.366. The van der Waals surface area contributed by atoms with Crippen LogP contribution in [0.3, 0.4) is 0 Å². The maximum atomic E-state index is 13.1. The van der Waals surface area contributed by atoms with E-state index in [4.69, 9.17) is 9.26 Å². The Morgan fingerprint density at radius 2 is 1.80 bits per heavy atom. The molecule has 1 spiro atoms. The largest absolute Gasteiger partial charge is 0.482 e. The van der Waals surface area contributed by atoms with Crippen molar-refractivity contribution in [1.29, 1.82) is 0 Å². The van der Waals surface area contributed by atoms with E-state index in [1.54, 1.807) is 0 Å². The number of nitrogens with zero attached hydrogens (tertiary/aromatic N) is 2. The summed E-state index contributed by atoms with van der Waals surface area (Å²) in [6, 6.07) is 20.8. The standard InChI is InChI=1S/C30H28N2O3/c1-20-16-21(2)29-25(31-35-27(29)17-20)19-28(33)32-14-12-30(13-15-32)11-10-24-18-23(8-9-26(24)34-30)22-6-4-3-5-7-22/h3-11,16-18H,12-15,19H2,1-2H3. The highest BCUT2D eigenvalue weighted by atomic mass is 16.5. The number of carbonyl (C=O) groups excluding carboxylic acids is 1. The molecule has 6 rings (SSSR count). The molecule has 5 heteroatoms. The average Bonchev–Trinajstić information content (AvgIpc) is 3.27. The van der Waals surface area contributed by atoms with Gasteiger partial charge in [0.25, 0.3) is 0 Å². The summed E-state index contributed by atoms with van der Waals surface area (Å²) in [5, 5.41) is 5.17. The van der Waals surface area contributed by atoms with Gasteiger partial charge in [0.1, 0.15) is 17.0 Å². The van der Waals surface area contributed by atoms with Crippen molar-refractivity contribution in [3.8, 4) is 16.9 Å². The van der Waals surface area contributed by atoms with Crippen LogP contribution in [0.25, 0.3) is 28.2 Å². The number of ether oxygens (including phenoxy) is 1. The molecule has 5 nitrogen and oxygen atoms in total. The molecule has 0 N–H and O–H groups in total. The summed E-state index contributed by atoms with van der Waals surface area (Å²) < 4.78 is 12.0. The Hall–Kier alpha value is -3.86. The summed E-state index contributed by atoms with van der Waals surface area (Å²) in [5.41, 5.74) is 6.81. The third-order valence-electron chi connectivity index (χ3n) is 7.26. The molecule has 35 heavy (non-hydrogen) atoms. The van der Waals surface area contributed by atoms with E-state index in [1.165, 1.54) is 11.1 Å². The minimum atomic E-state index is -0.354. The van der Waals surface area contributed by atoms with Crippen LogP contribution in [0.15, 0.2) is 71.3 Å². The predicted octanol–water partition coefficient (Wildman–Crippen LogP) is 6.12. The van der Waals surface area contributed by atoms with Crippen LogP contribution in [0.1, 0.15) is 35.2 Å². The first kappa shape index (κ1) is 21.7. The van der Waals surface area contributed by atoms with Gasteiger partial charge in [-0.25, -0.2) is 0 Å². The Morgan fingerprint density at radius 1 is 1.00 bits per heavy atom. The van der Waals surface area contributed by atoms with Crippen LogP contribution < -0.4 is 4.74 Å². The maximum absolute atomic E-state index is 13.1. The molecule has 3 heterocycles. The second-order valence-corrected chi connectivity index (χ2v) is 9.76. The zero-order valence-corrected chi connectivity index (χ0v) is 20.1. The summed E-state index contributed by atoms with van der Waals surface area (Å²) in [4.78, 5) is 15.0. The molecule has 2 aliphatic rings. The first-order valence-corrected chi connectivity index (χ1v) is 12.2. The second-order valence-electron chi connectivity index (χ2n) is 9.76. The van der Waals surface area contributed by atoms with E-state index < -0.39 is 0 Å². The van der Waals surface area contributed by atoms with Crippen LogP contribution in [0, 0.1) is 13.8 Å². The van der Waals surface area contributed by atoms with E-state index in [0.717, 1.165) is 51.9 Å². The van der Waals surface area contributed by atoms with E-state index in [9.17, 15) is 4.79 Å². The zero-order chi connectivity index (χ0) is 24.0. The molecule has 0 saturated carbocycles. The fraction of sp³-hybridized carbons (Fsp3) is 0.267. The van der Waals surface area contributed by atoms with Gasteiger partial charge in [-0.1, -0.05) is 53.7 Å². The second kappa shape index (κ2) is 8.42. The number of hydrogen-bond acceptors (Lipinski definition) is 4. The number of piperidine rings is 1. The van der Waals surface area contributed by atoms with Gasteiger partial charge in [-0.15, -0.1) is 0 Å². The van der Waals surface area contributed by atoms with E-state index in [2.05, 4.69) is 65.8 Å². The third-order valence-corrected chi connectivity index (χ3v) is 7.26. The lowest BCUT2D eigenvalue weighted by molar-refractivity contribution is -0.133. The van der Waals surface area contributed by atoms with Crippen molar-refractivity contribution in [2.24, 2.45) is 0 Å². The SMILES string of the molecule is Cc1cc(C)c2c(CC(=O)N3CCC4(C=Cc5cc(-c6ccccc6)ccc5O4)CC3)noc2c1. The Balaban J connectivity index is 1.13. The zero-order valence-electron chi connectivity index (χ0n) is 20.1. The lowest BCUT2D eigenvalue weighted by atomic mass is 9.87. The molecule has 4 aromatic rings. The smallest absolute Gasteiger partial charge is 0.228 e. The molecule has 176 valence electrons. The van der Waals surface area contributed by atoms with Gasteiger partial charge in [-0.2, -0.15) is 0 Å². The number of hydrogen-bond donors (Lipinski definition) is 0. The predicted molar refractivity (Wildman–Crippen MR) is 137 cm³/mol. The van der Waals surface area contributed by atoms with Crippen molar-refractivity contribution in [1.82, 2.24) is 10.1 Å². The lowest BCUT2D eigenvalue weighted by Gasteiger charge is -2.42. The van der Waals surface area contributed by atoms with E-state index >= 15 is 0 Å². The highest BCUT2D eigenvalue weighted by Gasteiger charge is 2.38. The summed E-state index contributed by atoms with van der Waals surface area (Å²) in [6.07, 6.45) is 6.16. The van der Waals surface area contributed by atoms with Gasteiger partial charge < -0.3 is 14.2 Å². The topological polar surface area (TPSA) is 55.6 Å². The Bertz CT molecular complexity index is 1440. The summed E-state index contributed by atoms with van der Waals surface area (Å²) in [7, 11) is 0. The van der Waals surface area contributed by atoms with Gasteiger partial charge in [0.15, 0.2) is 5.58 Å². The van der Waals surface area contributed by atoms with Crippen LogP contribution in [-0.2, 0) is 11.2 Å². The average molecular weight is 465 g/mol. The Morgan fingerprint density at radius 3 is 2.60 bits per heavy atom. The number of fused-ring (bicyclic) bond motifs is 2. The van der Waals surface area contributed by atoms with Gasteiger partial charge in [-0.05, 0) is 60.4 Å². The van der Waals surface area contributed by atoms with Gasteiger partial charge in [0, 0.05) is 36.9 Å². The van der Waals surface area contributed by atoms with Gasteiger partial charge >= 0.3 is 0 Å². The first-order chi connectivity index (χ1) is 17.0. The van der Waals surface area contributed by atoms with E-state index in [1.807, 2.05) is 30.9 Å². The molecular formula is C30H28N2O3. The monoisotopic (exact) mass is 464 g/mol. The maximum Gasteiger partial charge on any atom is 0.228 e. The number of benzene rings is 3. The van der Waals surface area contributed by atoms with Crippen LogP contribution in [0.5, 0.6) is 5.75 Å². The minimum absolute atomic E-state index is 0.0858. The van der Waals surface area contributed by atoms with Gasteiger partial charge in [0.05, 0.1) is 6.42 Å². The highest BCUT2D eigenvalue weighted by molar-refractivity contribution is 5.89. The fourth-order valence-corrected chi connectivity index (χ4v) is 5.38. The molecule has 2 aliphatic heterocycles. The van der Waals surface area contributed by atoms with Gasteiger partial charge in [-0.3, -0.25) is 4.79 Å². The Labute approximate surface area is 205 Å². The van der Waals surface area contributed by atoms with E-state index in [0.29, 0.717) is 13.1 Å². The van der Waals surface area contributed by atoms with Crippen molar-refractivity contribution < 1.29 is 14.1 Å². The van der Waals surface area contributed by atoms with Crippen molar-refractivity contribution >= 4 is 23.0 Å². The van der Waals surface area contributed by atoms with Crippen molar-refractivity contribution in [2.45, 2.75) is 38.7 Å². The normalized spacial score (nSPS) is 16.3. The third kappa shape index (κ3) is 4.01. The van der Waals surface area contributed by atoms with Gasteiger partial charge in [0.2, 0.25) is 5.91 Å². The number of amides is 1. The highest BCUT2D eigenvalue weighted by Crippen LogP contribution is 2.39. The fourth-order valence-electron chi connectivity index (χ4n) is 5.38. The molecule has 1 amide bonds. The number of aryl methyl sites for hydroxylation is 2. The molecule has 3 aromatic carbocycles. The van der Waals surface area contributed by atoms with Crippen molar-refractivity contribution in [3.05, 3.63) is 89.1 Å². The van der Waals surface area contributed by atoms with Crippen LogP contribution in [0.4, 0.5) is 0 Å². The molecule has 1 saturated heterocycles. The molecule has 0 radical (unpaired) electrons. The molecule has 0 aliphatic carbocycles. The first-order valence-electron chi connectivity index (χ1n) is 12.2. The van der Waals surface area contributed by atoms with Crippen LogP contribution in [0.2, 0.25) is 0 Å². The van der Waals surface area contributed by atoms with Crippen LogP contribution >= 0.6 is 0 Å². The minimum Gasteiger partial charge on any atom is -0.482 e. The molecule has 0 atom stereocenters. The lowest BCUT2D eigenvalue weighted by Crippen LogP contribution is -2.49. The van der Waals surface area contributed by atoms with Crippen LogP contribution in [-0.4, -0.2) is 34.7 Å². The molecule has 1 aromatic heterocycles. The summed E-state index contributed by atoms with van der Waals surface area (Å²) in [6.45, 7) is 5.40. The summed E-state index contributed by atoms with van der Waals surface area (Å²) >= 11 is 0.